The van der Waals surface area contributed by atoms with E-state index in [2.05, 4.69) is 4.74 Å². The molecule has 0 N–H and O–H groups in total. The highest BCUT2D eigenvalue weighted by Gasteiger charge is 2.15. The van der Waals surface area contributed by atoms with Gasteiger partial charge in [0.25, 0.3) is 0 Å². The van der Waals surface area contributed by atoms with Crippen molar-refractivity contribution >= 4 is 16.8 Å². The average molecular weight is 208 g/mol. The van der Waals surface area contributed by atoms with Crippen LogP contribution in [0.5, 0.6) is 0 Å². The first-order valence-corrected chi connectivity index (χ1v) is 5.51. The van der Waals surface area contributed by atoms with Crippen LogP contribution in [0.3, 0.4) is 0 Å². The van der Waals surface area contributed by atoms with Gasteiger partial charge in [-0.3, -0.25) is 9.00 Å². The maximum atomic E-state index is 11.3. The summed E-state index contributed by atoms with van der Waals surface area (Å²) in [6, 6.07) is 0. The molecule has 5 heteroatoms. The van der Waals surface area contributed by atoms with Gasteiger partial charge in [-0.25, -0.2) is 0 Å². The predicted molar refractivity (Wildman–Crippen MR) is 50.7 cm³/mol. The highest BCUT2D eigenvalue weighted by Crippen LogP contribution is 2.03. The number of esters is 1. The van der Waals surface area contributed by atoms with E-state index in [1.54, 1.807) is 6.92 Å². The van der Waals surface area contributed by atoms with Gasteiger partial charge in [-0.1, -0.05) is 6.92 Å². The van der Waals surface area contributed by atoms with Crippen LogP contribution in [0.2, 0.25) is 0 Å². The third kappa shape index (κ3) is 5.76. The summed E-state index contributed by atoms with van der Waals surface area (Å²) in [7, 11) is 0.210. The van der Waals surface area contributed by atoms with Gasteiger partial charge in [0, 0.05) is 11.9 Å². The lowest BCUT2D eigenvalue weighted by molar-refractivity contribution is -0.140. The Kier molecular flexibility index (Phi) is 6.80. The summed E-state index contributed by atoms with van der Waals surface area (Å²) in [5.41, 5.74) is 0. The summed E-state index contributed by atoms with van der Waals surface area (Å²) in [6.45, 7) is 4.12. The molecule has 0 heterocycles. The minimum atomic E-state index is -1.11. The summed E-state index contributed by atoms with van der Waals surface area (Å²) in [5.74, 6) is -0.147. The van der Waals surface area contributed by atoms with Gasteiger partial charge in [0.15, 0.2) is 0 Å². The predicted octanol–water partition coefficient (Wildman–Crippen LogP) is 0.681. The van der Waals surface area contributed by atoms with Crippen molar-refractivity contribution in [2.45, 2.75) is 25.5 Å². The summed E-state index contributed by atoms with van der Waals surface area (Å²) < 4.78 is 20.8. The van der Waals surface area contributed by atoms with Gasteiger partial charge in [-0.2, -0.15) is 0 Å². The van der Waals surface area contributed by atoms with E-state index in [0.29, 0.717) is 6.61 Å². The quantitative estimate of drug-likeness (QED) is 0.602. The maximum absolute atomic E-state index is 11.3. The SMILES string of the molecule is CCOCS(=O)C(C)CC(=O)OC. The Hall–Kier alpha value is -0.420. The number of carbonyl (C=O) groups excluding carboxylic acids is 1. The van der Waals surface area contributed by atoms with Crippen LogP contribution in [-0.2, 0) is 25.1 Å². The van der Waals surface area contributed by atoms with Crippen molar-refractivity contribution < 1.29 is 18.5 Å². The second kappa shape index (κ2) is 7.03. The van der Waals surface area contributed by atoms with E-state index in [1.807, 2.05) is 6.92 Å². The van der Waals surface area contributed by atoms with Crippen LogP contribution in [0, 0.1) is 0 Å². The molecule has 13 heavy (non-hydrogen) atoms. The molecular weight excluding hydrogens is 192 g/mol. The molecule has 0 rings (SSSR count). The lowest BCUT2D eigenvalue weighted by atomic mass is 10.3. The zero-order chi connectivity index (χ0) is 10.3. The zero-order valence-electron chi connectivity index (χ0n) is 8.24. The second-order valence-electron chi connectivity index (χ2n) is 2.58. The van der Waals surface area contributed by atoms with Crippen molar-refractivity contribution in [3.05, 3.63) is 0 Å². The van der Waals surface area contributed by atoms with Gasteiger partial charge in [0.05, 0.1) is 24.3 Å². The largest absolute Gasteiger partial charge is 0.469 e. The van der Waals surface area contributed by atoms with Crippen molar-refractivity contribution in [3.8, 4) is 0 Å². The highest BCUT2D eigenvalue weighted by molar-refractivity contribution is 7.85. The van der Waals surface area contributed by atoms with Gasteiger partial charge >= 0.3 is 5.97 Å². The Morgan fingerprint density at radius 3 is 2.62 bits per heavy atom. The van der Waals surface area contributed by atoms with E-state index in [4.69, 9.17) is 4.74 Å². The molecule has 78 valence electrons. The Morgan fingerprint density at radius 1 is 1.54 bits per heavy atom. The molecule has 0 saturated carbocycles. The first kappa shape index (κ1) is 12.6. The summed E-state index contributed by atoms with van der Waals surface area (Å²) in [5, 5.41) is -0.209. The lowest BCUT2D eigenvalue weighted by Gasteiger charge is -2.09. The molecule has 0 fully saturated rings. The molecular formula is C8H16O4S. The molecule has 0 aliphatic rings. The van der Waals surface area contributed by atoms with E-state index in [-0.39, 0.29) is 23.6 Å². The van der Waals surface area contributed by atoms with Crippen LogP contribution in [0.25, 0.3) is 0 Å². The number of ether oxygens (including phenoxy) is 2. The van der Waals surface area contributed by atoms with Crippen LogP contribution in [0.4, 0.5) is 0 Å². The lowest BCUT2D eigenvalue weighted by Crippen LogP contribution is -2.20. The van der Waals surface area contributed by atoms with Crippen molar-refractivity contribution in [3.63, 3.8) is 0 Å². The number of carbonyl (C=O) groups is 1. The molecule has 0 aliphatic carbocycles. The third-order valence-corrected chi connectivity index (χ3v) is 3.00. The fraction of sp³-hybridized carbons (Fsp3) is 0.875. The van der Waals surface area contributed by atoms with Gasteiger partial charge < -0.3 is 9.47 Å². The van der Waals surface area contributed by atoms with E-state index in [0.717, 1.165) is 0 Å². The Balaban J connectivity index is 3.75. The molecule has 0 spiro atoms. The Bertz CT molecular complexity index is 181. The molecule has 4 nitrogen and oxygen atoms in total. The number of hydrogen-bond donors (Lipinski definition) is 0. The molecule has 0 aromatic carbocycles. The molecule has 0 radical (unpaired) electrons. The molecule has 0 bridgehead atoms. The Labute approximate surface area is 81.1 Å². The molecule has 0 aliphatic heterocycles. The van der Waals surface area contributed by atoms with E-state index < -0.39 is 10.8 Å². The van der Waals surface area contributed by atoms with Crippen LogP contribution >= 0.6 is 0 Å². The van der Waals surface area contributed by atoms with Crippen LogP contribution in [-0.4, -0.2) is 35.1 Å². The summed E-state index contributed by atoms with van der Waals surface area (Å²) in [6.07, 6.45) is 0.177. The monoisotopic (exact) mass is 208 g/mol. The van der Waals surface area contributed by atoms with Crippen molar-refractivity contribution in [1.82, 2.24) is 0 Å². The molecule has 0 aromatic heterocycles. The van der Waals surface area contributed by atoms with E-state index >= 15 is 0 Å². The molecule has 0 saturated heterocycles. The smallest absolute Gasteiger partial charge is 0.306 e. The Morgan fingerprint density at radius 2 is 2.15 bits per heavy atom. The average Bonchev–Trinajstić information content (AvgIpc) is 2.13. The fourth-order valence-corrected chi connectivity index (χ4v) is 1.58. The van der Waals surface area contributed by atoms with Gasteiger partial charge in [-0.15, -0.1) is 0 Å². The summed E-state index contributed by atoms with van der Waals surface area (Å²) >= 11 is 0. The summed E-state index contributed by atoms with van der Waals surface area (Å²) in [4.78, 5) is 10.8. The normalized spacial score (nSPS) is 15.0. The standard InChI is InChI=1S/C8H16O4S/c1-4-12-6-13(10)7(2)5-8(9)11-3/h7H,4-6H2,1-3H3. The molecule has 2 atom stereocenters. The van der Waals surface area contributed by atoms with Crippen molar-refractivity contribution in [2.24, 2.45) is 0 Å². The zero-order valence-corrected chi connectivity index (χ0v) is 9.06. The van der Waals surface area contributed by atoms with Crippen molar-refractivity contribution in [1.29, 1.82) is 0 Å². The van der Waals surface area contributed by atoms with E-state index in [1.165, 1.54) is 7.11 Å². The van der Waals surface area contributed by atoms with Gasteiger partial charge in [0.1, 0.15) is 5.94 Å². The van der Waals surface area contributed by atoms with Crippen molar-refractivity contribution in [2.75, 3.05) is 19.7 Å². The topological polar surface area (TPSA) is 52.6 Å². The number of methoxy groups -OCH3 is 1. The van der Waals surface area contributed by atoms with Crippen LogP contribution in [0.15, 0.2) is 0 Å². The first-order chi connectivity index (χ1) is 6.11. The van der Waals surface area contributed by atoms with E-state index in [9.17, 15) is 9.00 Å². The second-order valence-corrected chi connectivity index (χ2v) is 4.38. The number of hydrogen-bond acceptors (Lipinski definition) is 4. The fourth-order valence-electron chi connectivity index (χ4n) is 0.693. The van der Waals surface area contributed by atoms with Gasteiger partial charge in [0.2, 0.25) is 0 Å². The first-order valence-electron chi connectivity index (χ1n) is 4.13. The molecule has 0 amide bonds. The van der Waals surface area contributed by atoms with Gasteiger partial charge in [-0.05, 0) is 6.92 Å². The minimum Gasteiger partial charge on any atom is -0.469 e. The van der Waals surface area contributed by atoms with Crippen LogP contribution in [0.1, 0.15) is 20.3 Å². The third-order valence-electron chi connectivity index (χ3n) is 1.53. The van der Waals surface area contributed by atoms with Crippen LogP contribution < -0.4 is 0 Å². The number of rotatable bonds is 6. The molecule has 0 aromatic rings. The highest BCUT2D eigenvalue weighted by atomic mass is 32.2. The minimum absolute atomic E-state index is 0.177. The maximum Gasteiger partial charge on any atom is 0.306 e. The molecule has 2 unspecified atom stereocenters.